The van der Waals surface area contributed by atoms with Crippen molar-refractivity contribution >= 4 is 11.8 Å². The summed E-state index contributed by atoms with van der Waals surface area (Å²) in [5, 5.41) is 5.16. The van der Waals surface area contributed by atoms with Gasteiger partial charge in [0.1, 0.15) is 0 Å². The number of carbonyl (C=O) groups is 2. The van der Waals surface area contributed by atoms with Gasteiger partial charge in [0, 0.05) is 6.54 Å². The lowest BCUT2D eigenvalue weighted by atomic mass is 10.1. The second kappa shape index (κ2) is 6.76. The fourth-order valence-corrected chi connectivity index (χ4v) is 1.55. The van der Waals surface area contributed by atoms with E-state index in [1.54, 1.807) is 0 Å². The molecule has 5 heteroatoms. The molecule has 0 radical (unpaired) electrons. The summed E-state index contributed by atoms with van der Waals surface area (Å²) in [6.45, 7) is 4.34. The van der Waals surface area contributed by atoms with Crippen molar-refractivity contribution in [3.63, 3.8) is 0 Å². The molecule has 0 unspecified atom stereocenters. The van der Waals surface area contributed by atoms with Crippen molar-refractivity contribution in [2.45, 2.75) is 20.4 Å². The molecule has 0 heterocycles. The summed E-state index contributed by atoms with van der Waals surface area (Å²) in [5.41, 5.74) is 8.51. The molecular formula is C13H19N3O2. The van der Waals surface area contributed by atoms with Gasteiger partial charge in [-0.15, -0.1) is 0 Å². The Morgan fingerprint density at radius 2 is 1.89 bits per heavy atom. The number of hydrogen-bond acceptors (Lipinski definition) is 3. The molecule has 1 aromatic carbocycles. The first kappa shape index (κ1) is 14.2. The van der Waals surface area contributed by atoms with Crippen LogP contribution in [0.5, 0.6) is 0 Å². The average molecular weight is 249 g/mol. The molecule has 4 N–H and O–H groups in total. The first-order chi connectivity index (χ1) is 8.52. The lowest BCUT2D eigenvalue weighted by molar-refractivity contribution is -0.125. The first-order valence-electron chi connectivity index (χ1n) is 5.82. The number of nitrogens with two attached hydrogens (primary N) is 1. The largest absolute Gasteiger partial charge is 0.350 e. The predicted molar refractivity (Wildman–Crippen MR) is 69.8 cm³/mol. The highest BCUT2D eigenvalue weighted by Crippen LogP contribution is 2.09. The lowest BCUT2D eigenvalue weighted by Crippen LogP contribution is -2.39. The molecule has 1 aromatic rings. The third-order valence-corrected chi connectivity index (χ3v) is 2.61. The summed E-state index contributed by atoms with van der Waals surface area (Å²) in [4.78, 5) is 22.3. The van der Waals surface area contributed by atoms with Crippen LogP contribution in [0.25, 0.3) is 0 Å². The van der Waals surface area contributed by atoms with Crippen molar-refractivity contribution in [1.29, 1.82) is 0 Å². The molecule has 5 nitrogen and oxygen atoms in total. The normalized spacial score (nSPS) is 9.94. The number of hydrogen-bond donors (Lipinski definition) is 3. The predicted octanol–water partition coefficient (Wildman–Crippen LogP) is -0.00546. The van der Waals surface area contributed by atoms with Gasteiger partial charge < -0.3 is 16.4 Å². The quantitative estimate of drug-likeness (QED) is 0.686. The number of carbonyl (C=O) groups excluding carboxylic acids is 2. The second-order valence-corrected chi connectivity index (χ2v) is 4.19. The molecule has 0 saturated carbocycles. The molecule has 0 aromatic heterocycles. The molecule has 18 heavy (non-hydrogen) atoms. The summed E-state index contributed by atoms with van der Waals surface area (Å²) in [7, 11) is 0. The fourth-order valence-electron chi connectivity index (χ4n) is 1.55. The zero-order valence-electron chi connectivity index (χ0n) is 10.7. The van der Waals surface area contributed by atoms with Crippen molar-refractivity contribution in [1.82, 2.24) is 10.6 Å². The molecule has 0 bridgehead atoms. The number of amides is 2. The van der Waals surface area contributed by atoms with Crippen molar-refractivity contribution in [2.75, 3.05) is 13.1 Å². The van der Waals surface area contributed by atoms with Crippen LogP contribution in [0.15, 0.2) is 18.2 Å². The summed E-state index contributed by atoms with van der Waals surface area (Å²) < 4.78 is 0. The smallest absolute Gasteiger partial charge is 0.239 e. The highest BCUT2D eigenvalue weighted by molar-refractivity contribution is 5.85. The van der Waals surface area contributed by atoms with E-state index < -0.39 is 0 Å². The topological polar surface area (TPSA) is 84.2 Å². The molecule has 98 valence electrons. The molecule has 0 aliphatic carbocycles. The van der Waals surface area contributed by atoms with Crippen LogP contribution < -0.4 is 16.4 Å². The van der Waals surface area contributed by atoms with Gasteiger partial charge in [-0.05, 0) is 25.0 Å². The monoisotopic (exact) mass is 249 g/mol. The molecule has 0 aliphatic heterocycles. The third kappa shape index (κ3) is 4.55. The molecule has 0 fully saturated rings. The van der Waals surface area contributed by atoms with Crippen LogP contribution in [0, 0.1) is 13.8 Å². The highest BCUT2D eigenvalue weighted by Gasteiger charge is 2.04. The number of benzene rings is 1. The molecule has 0 aliphatic rings. The number of nitrogens with one attached hydrogen (secondary N) is 2. The van der Waals surface area contributed by atoms with Crippen LogP contribution in [-0.2, 0) is 16.1 Å². The van der Waals surface area contributed by atoms with Crippen LogP contribution >= 0.6 is 0 Å². The minimum absolute atomic E-state index is 0.0407. The van der Waals surface area contributed by atoms with Crippen molar-refractivity contribution in [2.24, 2.45) is 5.73 Å². The third-order valence-electron chi connectivity index (χ3n) is 2.61. The Labute approximate surface area is 107 Å². The van der Waals surface area contributed by atoms with Gasteiger partial charge in [0.15, 0.2) is 0 Å². The van der Waals surface area contributed by atoms with Gasteiger partial charge in [-0.3, -0.25) is 9.59 Å². The van der Waals surface area contributed by atoms with Gasteiger partial charge in [0.2, 0.25) is 11.8 Å². The van der Waals surface area contributed by atoms with Crippen molar-refractivity contribution in [3.05, 3.63) is 34.9 Å². The number of rotatable bonds is 5. The van der Waals surface area contributed by atoms with Crippen LogP contribution in [-0.4, -0.2) is 24.9 Å². The average Bonchev–Trinajstić information content (AvgIpc) is 2.34. The Balaban J connectivity index is 2.40. The van der Waals surface area contributed by atoms with Gasteiger partial charge in [-0.1, -0.05) is 23.8 Å². The maximum Gasteiger partial charge on any atom is 0.239 e. The Morgan fingerprint density at radius 1 is 1.17 bits per heavy atom. The Bertz CT molecular complexity index is 444. The van der Waals surface area contributed by atoms with Gasteiger partial charge in [-0.2, -0.15) is 0 Å². The van der Waals surface area contributed by atoms with E-state index in [0.717, 1.165) is 11.1 Å². The Hall–Kier alpha value is -1.88. The summed E-state index contributed by atoms with van der Waals surface area (Å²) in [6, 6.07) is 6.06. The Morgan fingerprint density at radius 3 is 2.50 bits per heavy atom. The Kier molecular flexibility index (Phi) is 5.32. The van der Waals surface area contributed by atoms with Crippen LogP contribution in [0.1, 0.15) is 16.7 Å². The van der Waals surface area contributed by atoms with E-state index in [0.29, 0.717) is 6.54 Å². The van der Waals surface area contributed by atoms with E-state index in [-0.39, 0.29) is 24.9 Å². The minimum Gasteiger partial charge on any atom is -0.350 e. The fraction of sp³-hybridized carbons (Fsp3) is 0.385. The van der Waals surface area contributed by atoms with Crippen LogP contribution in [0.3, 0.4) is 0 Å². The van der Waals surface area contributed by atoms with Crippen molar-refractivity contribution in [3.8, 4) is 0 Å². The van der Waals surface area contributed by atoms with Crippen LogP contribution in [0.2, 0.25) is 0 Å². The maximum absolute atomic E-state index is 11.4. The standard InChI is InChI=1S/C13H19N3O2/c1-9-3-4-11(10(2)5-9)7-15-13(18)8-16-12(17)6-14/h3-5H,6-8,14H2,1-2H3,(H,15,18)(H,16,17). The van der Waals surface area contributed by atoms with Crippen LogP contribution in [0.4, 0.5) is 0 Å². The maximum atomic E-state index is 11.4. The molecule has 2 amide bonds. The zero-order chi connectivity index (χ0) is 13.5. The molecule has 0 atom stereocenters. The van der Waals surface area contributed by atoms with Gasteiger partial charge in [0.25, 0.3) is 0 Å². The van der Waals surface area contributed by atoms with E-state index >= 15 is 0 Å². The minimum atomic E-state index is -0.336. The van der Waals surface area contributed by atoms with E-state index in [2.05, 4.69) is 16.7 Å². The molecule has 0 saturated heterocycles. The molecular weight excluding hydrogens is 230 g/mol. The van der Waals surface area contributed by atoms with E-state index in [1.165, 1.54) is 5.56 Å². The van der Waals surface area contributed by atoms with E-state index in [9.17, 15) is 9.59 Å². The number of aryl methyl sites for hydroxylation is 2. The lowest BCUT2D eigenvalue weighted by Gasteiger charge is -2.09. The summed E-state index contributed by atoms with van der Waals surface area (Å²) >= 11 is 0. The second-order valence-electron chi connectivity index (χ2n) is 4.19. The van der Waals surface area contributed by atoms with Gasteiger partial charge in [0.05, 0.1) is 13.1 Å². The summed E-state index contributed by atoms with van der Waals surface area (Å²) in [6.07, 6.45) is 0. The van der Waals surface area contributed by atoms with Gasteiger partial charge >= 0.3 is 0 Å². The first-order valence-corrected chi connectivity index (χ1v) is 5.82. The van der Waals surface area contributed by atoms with Gasteiger partial charge in [-0.25, -0.2) is 0 Å². The highest BCUT2D eigenvalue weighted by atomic mass is 16.2. The molecule has 0 spiro atoms. The SMILES string of the molecule is Cc1ccc(CNC(=O)CNC(=O)CN)c(C)c1. The van der Waals surface area contributed by atoms with E-state index in [4.69, 9.17) is 5.73 Å². The zero-order valence-corrected chi connectivity index (χ0v) is 10.7. The molecule has 1 rings (SSSR count). The summed E-state index contributed by atoms with van der Waals surface area (Å²) in [5.74, 6) is -0.562. The van der Waals surface area contributed by atoms with E-state index in [1.807, 2.05) is 26.0 Å². The van der Waals surface area contributed by atoms with Crippen molar-refractivity contribution < 1.29 is 9.59 Å².